The average Bonchev–Trinajstić information content (AvgIpc) is 2.74. The molecule has 1 fully saturated rings. The summed E-state index contributed by atoms with van der Waals surface area (Å²) in [4.78, 5) is 10.5. The molecule has 1 atom stereocenters. The van der Waals surface area contributed by atoms with Gasteiger partial charge in [-0.1, -0.05) is 0 Å². The highest BCUT2D eigenvalue weighted by atomic mass is 32.2. The highest BCUT2D eigenvalue weighted by Gasteiger charge is 2.34. The van der Waals surface area contributed by atoms with Gasteiger partial charge in [-0.15, -0.1) is 0 Å². The number of nitrogens with one attached hydrogen (secondary N) is 1. The van der Waals surface area contributed by atoms with E-state index in [1.165, 1.54) is 0 Å². The molecule has 0 aromatic heterocycles. The SMILES string of the molecule is CC1(NS(=O)(=O)c2ccc(F)c(C(=O)O)c2)CCOC1. The van der Waals surface area contributed by atoms with Gasteiger partial charge in [-0.3, -0.25) is 0 Å². The predicted octanol–water partition coefficient (Wildman–Crippen LogP) is 0.981. The van der Waals surface area contributed by atoms with Crippen molar-refractivity contribution < 1.29 is 27.4 Å². The summed E-state index contributed by atoms with van der Waals surface area (Å²) >= 11 is 0. The quantitative estimate of drug-likeness (QED) is 0.865. The van der Waals surface area contributed by atoms with Crippen LogP contribution in [-0.4, -0.2) is 38.2 Å². The number of hydrogen-bond acceptors (Lipinski definition) is 4. The first-order valence-electron chi connectivity index (χ1n) is 5.88. The predicted molar refractivity (Wildman–Crippen MR) is 67.5 cm³/mol. The Bertz CT molecular complexity index is 637. The molecule has 6 nitrogen and oxygen atoms in total. The summed E-state index contributed by atoms with van der Waals surface area (Å²) in [5.41, 5.74) is -1.42. The minimum absolute atomic E-state index is 0.235. The second kappa shape index (κ2) is 5.12. The van der Waals surface area contributed by atoms with Crippen LogP contribution in [0.25, 0.3) is 0 Å². The molecule has 1 aliphatic rings. The van der Waals surface area contributed by atoms with Gasteiger partial charge in [-0.25, -0.2) is 22.3 Å². The van der Waals surface area contributed by atoms with Gasteiger partial charge in [-0.05, 0) is 31.5 Å². The summed E-state index contributed by atoms with van der Waals surface area (Å²) in [6.07, 6.45) is 0.513. The second-order valence-electron chi connectivity index (χ2n) is 4.92. The van der Waals surface area contributed by atoms with Crippen LogP contribution in [-0.2, 0) is 14.8 Å². The number of carboxylic acid groups (broad SMARTS) is 1. The van der Waals surface area contributed by atoms with Gasteiger partial charge in [0.2, 0.25) is 10.0 Å². The molecule has 1 aliphatic heterocycles. The monoisotopic (exact) mass is 303 g/mol. The Morgan fingerprint density at radius 3 is 2.75 bits per heavy atom. The van der Waals surface area contributed by atoms with Crippen molar-refractivity contribution in [2.45, 2.75) is 23.8 Å². The molecule has 0 aliphatic carbocycles. The number of ether oxygens (including phenoxy) is 1. The normalized spacial score (nSPS) is 22.9. The van der Waals surface area contributed by atoms with Crippen molar-refractivity contribution in [1.29, 1.82) is 0 Å². The maximum Gasteiger partial charge on any atom is 0.338 e. The smallest absolute Gasteiger partial charge is 0.338 e. The van der Waals surface area contributed by atoms with Crippen LogP contribution >= 0.6 is 0 Å². The third-order valence-electron chi connectivity index (χ3n) is 3.08. The second-order valence-corrected chi connectivity index (χ2v) is 6.60. The van der Waals surface area contributed by atoms with Crippen LogP contribution in [0.1, 0.15) is 23.7 Å². The Labute approximate surface area is 115 Å². The number of hydrogen-bond donors (Lipinski definition) is 2. The number of halogens is 1. The van der Waals surface area contributed by atoms with E-state index < -0.39 is 32.9 Å². The van der Waals surface area contributed by atoms with Crippen LogP contribution in [0.5, 0.6) is 0 Å². The zero-order valence-corrected chi connectivity index (χ0v) is 11.5. The van der Waals surface area contributed by atoms with E-state index in [0.717, 1.165) is 18.2 Å². The van der Waals surface area contributed by atoms with E-state index in [1.54, 1.807) is 6.92 Å². The van der Waals surface area contributed by atoms with Gasteiger partial charge in [0.25, 0.3) is 0 Å². The lowest BCUT2D eigenvalue weighted by atomic mass is 10.0. The van der Waals surface area contributed by atoms with Crippen molar-refractivity contribution in [3.63, 3.8) is 0 Å². The van der Waals surface area contributed by atoms with E-state index in [4.69, 9.17) is 9.84 Å². The fourth-order valence-corrected chi connectivity index (χ4v) is 3.41. The molecule has 0 bridgehead atoms. The molecule has 1 aromatic rings. The summed E-state index contributed by atoms with van der Waals surface area (Å²) in [5.74, 6) is -2.50. The molecule has 1 heterocycles. The lowest BCUT2D eigenvalue weighted by molar-refractivity contribution is 0.0691. The highest BCUT2D eigenvalue weighted by Crippen LogP contribution is 2.22. The summed E-state index contributed by atoms with van der Waals surface area (Å²) in [6.45, 7) is 2.38. The van der Waals surface area contributed by atoms with Crippen molar-refractivity contribution in [2.24, 2.45) is 0 Å². The minimum atomic E-state index is -3.93. The number of carbonyl (C=O) groups is 1. The van der Waals surface area contributed by atoms with Gasteiger partial charge >= 0.3 is 5.97 Å². The van der Waals surface area contributed by atoms with Crippen LogP contribution in [0.2, 0.25) is 0 Å². The van der Waals surface area contributed by atoms with E-state index >= 15 is 0 Å². The molecule has 0 spiro atoms. The van der Waals surface area contributed by atoms with Crippen molar-refractivity contribution in [3.05, 3.63) is 29.6 Å². The summed E-state index contributed by atoms with van der Waals surface area (Å²) in [5, 5.41) is 8.82. The fourth-order valence-electron chi connectivity index (χ4n) is 1.97. The number of carboxylic acids is 1. The van der Waals surface area contributed by atoms with Gasteiger partial charge in [-0.2, -0.15) is 0 Å². The highest BCUT2D eigenvalue weighted by molar-refractivity contribution is 7.89. The van der Waals surface area contributed by atoms with Crippen molar-refractivity contribution >= 4 is 16.0 Å². The standard InChI is InChI=1S/C12H14FNO5S/c1-12(4-5-19-7-12)14-20(17,18)8-2-3-10(13)9(6-8)11(15)16/h2-3,6,14H,4-5,7H2,1H3,(H,15,16). The summed E-state index contributed by atoms with van der Waals surface area (Å²) in [7, 11) is -3.93. The van der Waals surface area contributed by atoms with Crippen LogP contribution in [0.4, 0.5) is 4.39 Å². The van der Waals surface area contributed by atoms with Gasteiger partial charge < -0.3 is 9.84 Å². The summed E-state index contributed by atoms with van der Waals surface area (Å²) in [6, 6.07) is 2.66. The van der Waals surface area contributed by atoms with Crippen molar-refractivity contribution in [3.8, 4) is 0 Å². The fraction of sp³-hybridized carbons (Fsp3) is 0.417. The first-order valence-corrected chi connectivity index (χ1v) is 7.36. The van der Waals surface area contributed by atoms with Crippen LogP contribution in [0.15, 0.2) is 23.1 Å². The first-order chi connectivity index (χ1) is 9.23. The molecule has 1 unspecified atom stereocenters. The number of benzene rings is 1. The van der Waals surface area contributed by atoms with Gasteiger partial charge in [0.05, 0.1) is 22.6 Å². The molecule has 0 radical (unpaired) electrons. The molecule has 20 heavy (non-hydrogen) atoms. The molecular formula is C12H14FNO5S. The molecule has 0 amide bonds. The van der Waals surface area contributed by atoms with E-state index in [9.17, 15) is 17.6 Å². The lowest BCUT2D eigenvalue weighted by Gasteiger charge is -2.23. The molecule has 110 valence electrons. The third-order valence-corrected chi connectivity index (χ3v) is 4.71. The van der Waals surface area contributed by atoms with Gasteiger partial charge in [0, 0.05) is 6.61 Å². The molecular weight excluding hydrogens is 289 g/mol. The van der Waals surface area contributed by atoms with Crippen LogP contribution in [0.3, 0.4) is 0 Å². The van der Waals surface area contributed by atoms with Crippen LogP contribution < -0.4 is 4.72 Å². The third kappa shape index (κ3) is 2.97. The lowest BCUT2D eigenvalue weighted by Crippen LogP contribution is -2.46. The Balaban J connectivity index is 2.34. The van der Waals surface area contributed by atoms with E-state index in [0.29, 0.717) is 13.0 Å². The topological polar surface area (TPSA) is 92.7 Å². The van der Waals surface area contributed by atoms with Crippen molar-refractivity contribution in [1.82, 2.24) is 4.72 Å². The van der Waals surface area contributed by atoms with Gasteiger partial charge in [0.15, 0.2) is 0 Å². The number of rotatable bonds is 4. The van der Waals surface area contributed by atoms with Crippen molar-refractivity contribution in [2.75, 3.05) is 13.2 Å². The van der Waals surface area contributed by atoms with E-state index in [1.807, 2.05) is 0 Å². The minimum Gasteiger partial charge on any atom is -0.478 e. The Morgan fingerprint density at radius 1 is 1.50 bits per heavy atom. The zero-order chi connectivity index (χ0) is 15.0. The molecule has 0 saturated carbocycles. The van der Waals surface area contributed by atoms with Crippen LogP contribution in [0, 0.1) is 5.82 Å². The molecule has 8 heteroatoms. The Morgan fingerprint density at radius 2 is 2.20 bits per heavy atom. The number of sulfonamides is 1. The van der Waals surface area contributed by atoms with Gasteiger partial charge in [0.1, 0.15) is 5.82 Å². The molecule has 1 aromatic carbocycles. The molecule has 2 N–H and O–H groups in total. The summed E-state index contributed by atoms with van der Waals surface area (Å²) < 4.78 is 45.3. The zero-order valence-electron chi connectivity index (χ0n) is 10.7. The van der Waals surface area contributed by atoms with E-state index in [-0.39, 0.29) is 11.5 Å². The Hall–Kier alpha value is -1.51. The molecule has 1 saturated heterocycles. The largest absolute Gasteiger partial charge is 0.478 e. The molecule has 2 rings (SSSR count). The average molecular weight is 303 g/mol. The maximum atomic E-state index is 13.3. The first kappa shape index (κ1) is 14.9. The Kier molecular flexibility index (Phi) is 3.81. The maximum absolute atomic E-state index is 13.3. The number of aromatic carboxylic acids is 1. The van der Waals surface area contributed by atoms with E-state index in [2.05, 4.69) is 4.72 Å².